The molecule has 0 rings (SSSR count). The normalized spacial score (nSPS) is 14.0. The molecule has 0 amide bonds. The predicted octanol–water partition coefficient (Wildman–Crippen LogP) is 10.5. The lowest BCUT2D eigenvalue weighted by molar-refractivity contribution is -0.870. The molecule has 10 nitrogen and oxygen atoms in total. The van der Waals surface area contributed by atoms with E-state index >= 15 is 0 Å². The average molecular weight is 796 g/mol. The van der Waals surface area contributed by atoms with Gasteiger partial charge in [-0.1, -0.05) is 146 Å². The van der Waals surface area contributed by atoms with Crippen LogP contribution in [-0.4, -0.2) is 75.8 Å². The summed E-state index contributed by atoms with van der Waals surface area (Å²) in [6, 6.07) is 0. The number of nitrogens with zero attached hydrogens (tertiary/aromatic N) is 1. The third kappa shape index (κ3) is 39.7. The first-order valence-electron chi connectivity index (χ1n) is 21.3. The minimum atomic E-state index is -4.65. The molecule has 0 saturated carbocycles. The van der Waals surface area contributed by atoms with Crippen molar-refractivity contribution < 1.29 is 46.8 Å². The van der Waals surface area contributed by atoms with E-state index in [0.29, 0.717) is 36.7 Å². The summed E-state index contributed by atoms with van der Waals surface area (Å²) in [6.07, 6.45) is 37.0. The van der Waals surface area contributed by atoms with Crippen molar-refractivity contribution in [1.29, 1.82) is 0 Å². The van der Waals surface area contributed by atoms with Gasteiger partial charge in [0, 0.05) is 19.3 Å². The second-order valence-electron chi connectivity index (χ2n) is 15.4. The fourth-order valence-corrected chi connectivity index (χ4v) is 6.15. The van der Waals surface area contributed by atoms with Gasteiger partial charge in [-0.2, -0.15) is 0 Å². The minimum absolute atomic E-state index is 0.0523. The molecule has 0 fully saturated rings. The van der Waals surface area contributed by atoms with E-state index in [0.717, 1.165) is 44.9 Å². The fourth-order valence-electron chi connectivity index (χ4n) is 5.42. The van der Waals surface area contributed by atoms with Crippen LogP contribution in [0.1, 0.15) is 162 Å². The molecule has 0 bridgehead atoms. The van der Waals surface area contributed by atoms with E-state index in [9.17, 15) is 23.8 Å². The van der Waals surface area contributed by atoms with E-state index in [1.165, 1.54) is 64.2 Å². The summed E-state index contributed by atoms with van der Waals surface area (Å²) >= 11 is 0. The molecule has 0 heterocycles. The maximum Gasteiger partial charge on any atom is 0.306 e. The first-order valence-corrected chi connectivity index (χ1v) is 22.8. The van der Waals surface area contributed by atoms with Gasteiger partial charge in [-0.3, -0.25) is 18.9 Å². The number of carbonyl (C=O) groups is 3. The van der Waals surface area contributed by atoms with Crippen molar-refractivity contribution in [3.8, 4) is 0 Å². The Morgan fingerprint density at radius 3 is 1.76 bits per heavy atom. The van der Waals surface area contributed by atoms with Gasteiger partial charge in [0.1, 0.15) is 19.8 Å². The monoisotopic (exact) mass is 796 g/mol. The Morgan fingerprint density at radius 2 is 1.15 bits per heavy atom. The number of phosphoric ester groups is 1. The minimum Gasteiger partial charge on any atom is -0.756 e. The number of phosphoric acid groups is 1. The van der Waals surface area contributed by atoms with Gasteiger partial charge in [-0.25, -0.2) is 0 Å². The maximum atomic E-state index is 12.6. The van der Waals surface area contributed by atoms with Crippen molar-refractivity contribution in [3.63, 3.8) is 0 Å². The third-order valence-corrected chi connectivity index (χ3v) is 9.79. The van der Waals surface area contributed by atoms with E-state index in [2.05, 4.69) is 26.0 Å². The molecule has 0 aliphatic heterocycles. The van der Waals surface area contributed by atoms with Crippen molar-refractivity contribution >= 4 is 25.5 Å². The zero-order valence-corrected chi connectivity index (χ0v) is 36.3. The summed E-state index contributed by atoms with van der Waals surface area (Å²) in [4.78, 5) is 49.2. The number of rotatable bonds is 38. The van der Waals surface area contributed by atoms with Crippen LogP contribution in [0.5, 0.6) is 0 Å². The summed E-state index contributed by atoms with van der Waals surface area (Å²) in [5, 5.41) is 0. The van der Waals surface area contributed by atoms with Crippen LogP contribution >= 0.6 is 7.82 Å². The maximum absolute atomic E-state index is 12.6. The van der Waals surface area contributed by atoms with E-state index < -0.39 is 32.5 Å². The summed E-state index contributed by atoms with van der Waals surface area (Å²) in [5.41, 5.74) is 0. The molecule has 0 spiro atoms. The SMILES string of the molecule is CCCCCCCCCCCCCCCC(=O)OC[C@H](COP(=O)([O-])OCC[N+](C)(C)C)OC(=O)CCC/C=C\C/C=C\C/C=C\C=C\C(=O)CCCCC. The molecule has 11 heteroatoms. The lowest BCUT2D eigenvalue weighted by Gasteiger charge is -2.28. The standard InChI is InChI=1S/C44H78NO9P/c1-6-8-10-11-12-13-14-15-18-21-24-27-31-35-43(47)51-39-42(40-53-55(49,50)52-38-37-45(3,4)5)54-44(48)36-32-28-25-22-19-16-17-20-23-26-30-34-41(46)33-29-9-7-2/h16-17,22-23,25-26,30,34,42H,6-15,18-21,24,27-29,31-33,35-40H2,1-5H3/b17-16-,25-22-,26-23-,34-30+/t42-/m1/s1. The zero-order chi connectivity index (χ0) is 40.9. The average Bonchev–Trinajstić information content (AvgIpc) is 3.12. The highest BCUT2D eigenvalue weighted by Crippen LogP contribution is 2.38. The fraction of sp³-hybridized carbons (Fsp3) is 0.750. The molecule has 0 saturated heterocycles. The van der Waals surface area contributed by atoms with Crippen molar-refractivity contribution in [2.24, 2.45) is 0 Å². The van der Waals surface area contributed by atoms with Crippen molar-refractivity contribution in [2.75, 3.05) is 47.5 Å². The highest BCUT2D eigenvalue weighted by Gasteiger charge is 2.21. The van der Waals surface area contributed by atoms with Gasteiger partial charge in [-0.15, -0.1) is 0 Å². The number of ketones is 1. The topological polar surface area (TPSA) is 128 Å². The van der Waals surface area contributed by atoms with Gasteiger partial charge in [-0.05, 0) is 44.6 Å². The van der Waals surface area contributed by atoms with Gasteiger partial charge >= 0.3 is 11.9 Å². The highest BCUT2D eigenvalue weighted by molar-refractivity contribution is 7.45. The van der Waals surface area contributed by atoms with Crippen LogP contribution in [0.3, 0.4) is 0 Å². The summed E-state index contributed by atoms with van der Waals surface area (Å²) < 4.78 is 33.7. The molecule has 0 N–H and O–H groups in total. The molecule has 0 aromatic heterocycles. The van der Waals surface area contributed by atoms with Crippen LogP contribution in [0.25, 0.3) is 0 Å². The first-order chi connectivity index (χ1) is 26.4. The number of ether oxygens (including phenoxy) is 2. The number of likely N-dealkylation sites (N-methyl/N-ethyl adjacent to an activating group) is 1. The van der Waals surface area contributed by atoms with Gasteiger partial charge in [0.05, 0.1) is 27.7 Å². The largest absolute Gasteiger partial charge is 0.756 e. The number of quaternary nitrogens is 1. The Bertz CT molecular complexity index is 1140. The van der Waals surface area contributed by atoms with Crippen LogP contribution in [0.4, 0.5) is 0 Å². The first kappa shape index (κ1) is 52.6. The Labute approximate surface area is 335 Å². The van der Waals surface area contributed by atoms with Gasteiger partial charge in [0.2, 0.25) is 0 Å². The Balaban J connectivity index is 4.53. The number of hydrogen-bond donors (Lipinski definition) is 0. The molecule has 0 aromatic carbocycles. The number of hydrogen-bond acceptors (Lipinski definition) is 9. The summed E-state index contributed by atoms with van der Waals surface area (Å²) in [5.74, 6) is -0.769. The molecule has 0 aliphatic rings. The molecule has 0 aromatic rings. The molecule has 1 unspecified atom stereocenters. The number of allylic oxidation sites excluding steroid dienone is 8. The van der Waals surface area contributed by atoms with Gasteiger partial charge < -0.3 is 27.9 Å². The molecule has 318 valence electrons. The van der Waals surface area contributed by atoms with Crippen molar-refractivity contribution in [2.45, 2.75) is 168 Å². The van der Waals surface area contributed by atoms with Crippen LogP contribution in [-0.2, 0) is 37.5 Å². The van der Waals surface area contributed by atoms with Gasteiger partial charge in [0.25, 0.3) is 7.82 Å². The quantitative estimate of drug-likeness (QED) is 0.0114. The Morgan fingerprint density at radius 1 is 0.618 bits per heavy atom. The van der Waals surface area contributed by atoms with E-state index in [4.69, 9.17) is 18.5 Å². The highest BCUT2D eigenvalue weighted by atomic mass is 31.2. The zero-order valence-electron chi connectivity index (χ0n) is 35.4. The number of unbranched alkanes of at least 4 members (excludes halogenated alkanes) is 15. The second kappa shape index (κ2) is 36.0. The van der Waals surface area contributed by atoms with E-state index in [1.54, 1.807) is 12.2 Å². The number of carbonyl (C=O) groups excluding carboxylic acids is 3. The molecule has 0 aliphatic carbocycles. The lowest BCUT2D eigenvalue weighted by Crippen LogP contribution is -2.37. The van der Waals surface area contributed by atoms with Gasteiger partial charge in [0.15, 0.2) is 11.9 Å². The van der Waals surface area contributed by atoms with E-state index in [-0.39, 0.29) is 31.8 Å². The van der Waals surface area contributed by atoms with Crippen LogP contribution in [0.2, 0.25) is 0 Å². The molecular formula is C44H78NO9P. The van der Waals surface area contributed by atoms with Crippen molar-refractivity contribution in [3.05, 3.63) is 48.6 Å². The Hall–Kier alpha value is -2.36. The summed E-state index contributed by atoms with van der Waals surface area (Å²) in [6.45, 7) is 3.97. The van der Waals surface area contributed by atoms with Crippen LogP contribution < -0.4 is 4.89 Å². The molecule has 55 heavy (non-hydrogen) atoms. The van der Waals surface area contributed by atoms with Crippen molar-refractivity contribution in [1.82, 2.24) is 0 Å². The molecule has 2 atom stereocenters. The van der Waals surface area contributed by atoms with Crippen LogP contribution in [0.15, 0.2) is 48.6 Å². The number of esters is 2. The smallest absolute Gasteiger partial charge is 0.306 e. The Kier molecular flexibility index (Phi) is 34.5. The van der Waals surface area contributed by atoms with E-state index in [1.807, 2.05) is 45.4 Å². The third-order valence-electron chi connectivity index (χ3n) is 8.83. The molecular weight excluding hydrogens is 717 g/mol. The summed E-state index contributed by atoms with van der Waals surface area (Å²) in [7, 11) is 1.09. The van der Waals surface area contributed by atoms with Crippen LogP contribution in [0, 0.1) is 0 Å². The lowest BCUT2D eigenvalue weighted by atomic mass is 10.0. The molecule has 0 radical (unpaired) electrons. The predicted molar refractivity (Wildman–Crippen MR) is 222 cm³/mol. The second-order valence-corrected chi connectivity index (χ2v) is 16.8.